The van der Waals surface area contributed by atoms with Crippen LogP contribution in [0.4, 0.5) is 15.6 Å². The summed E-state index contributed by atoms with van der Waals surface area (Å²) in [6.07, 6.45) is 1.64. The summed E-state index contributed by atoms with van der Waals surface area (Å²) in [5.41, 5.74) is 1.37. The average molecular weight is 448 g/mol. The summed E-state index contributed by atoms with van der Waals surface area (Å²) < 4.78 is 5.08. The minimum absolute atomic E-state index is 0.00892. The van der Waals surface area contributed by atoms with Crippen LogP contribution in [0.15, 0.2) is 29.6 Å². The Morgan fingerprint density at radius 1 is 1.13 bits per heavy atom. The highest BCUT2D eigenvalue weighted by Crippen LogP contribution is 2.18. The van der Waals surface area contributed by atoms with Crippen LogP contribution >= 0.6 is 11.3 Å². The van der Waals surface area contributed by atoms with Gasteiger partial charge in [0.1, 0.15) is 5.75 Å². The fraction of sp³-hybridized carbons (Fsp3) is 0.429. The van der Waals surface area contributed by atoms with Crippen molar-refractivity contribution in [1.82, 2.24) is 15.2 Å². The van der Waals surface area contributed by atoms with Crippen LogP contribution in [-0.4, -0.2) is 54.5 Å². The van der Waals surface area contributed by atoms with Crippen molar-refractivity contribution in [3.8, 4) is 5.75 Å². The van der Waals surface area contributed by atoms with Crippen molar-refractivity contribution >= 4 is 40.0 Å². The Hall–Kier alpha value is -3.14. The van der Waals surface area contributed by atoms with Crippen molar-refractivity contribution in [1.29, 1.82) is 0 Å². The van der Waals surface area contributed by atoms with Gasteiger partial charge in [0.2, 0.25) is 11.8 Å². The van der Waals surface area contributed by atoms with Crippen LogP contribution in [0.2, 0.25) is 0 Å². The molecule has 0 bridgehead atoms. The van der Waals surface area contributed by atoms with Gasteiger partial charge in [0.15, 0.2) is 5.13 Å². The van der Waals surface area contributed by atoms with Crippen LogP contribution in [-0.2, 0) is 16.0 Å². The lowest BCUT2D eigenvalue weighted by Crippen LogP contribution is -2.37. The van der Waals surface area contributed by atoms with Crippen LogP contribution in [0, 0.1) is 0 Å². The molecule has 0 aliphatic heterocycles. The van der Waals surface area contributed by atoms with Crippen molar-refractivity contribution in [3.05, 3.63) is 35.3 Å². The number of hydrogen-bond acceptors (Lipinski definition) is 6. The molecular weight excluding hydrogens is 418 g/mol. The fourth-order valence-corrected chi connectivity index (χ4v) is 3.51. The standard InChI is InChI=1S/C21H29N5O4S/c1-4-12-26(15(2)27)13-11-22-19(28)10-7-17-14-31-21(24-17)25-20(29)23-16-5-8-18(30-3)9-6-16/h5-6,8-9,14H,4,7,10-13H2,1-3H3,(H,22,28)(H2,23,24,25,29). The maximum atomic E-state index is 12.1. The summed E-state index contributed by atoms with van der Waals surface area (Å²) in [4.78, 5) is 41.7. The van der Waals surface area contributed by atoms with Crippen molar-refractivity contribution in [3.63, 3.8) is 0 Å². The number of carbonyl (C=O) groups excluding carboxylic acids is 3. The van der Waals surface area contributed by atoms with E-state index < -0.39 is 6.03 Å². The maximum Gasteiger partial charge on any atom is 0.325 e. The van der Waals surface area contributed by atoms with Gasteiger partial charge in [-0.15, -0.1) is 11.3 Å². The molecule has 10 heteroatoms. The predicted octanol–water partition coefficient (Wildman–Crippen LogP) is 3.10. The first-order chi connectivity index (χ1) is 14.9. The molecule has 1 heterocycles. The Labute approximate surface area is 186 Å². The maximum absolute atomic E-state index is 12.1. The minimum atomic E-state index is -0.397. The number of aryl methyl sites for hydroxylation is 1. The summed E-state index contributed by atoms with van der Waals surface area (Å²) in [5.74, 6) is 0.617. The molecule has 2 rings (SSSR count). The second-order valence-electron chi connectivity index (χ2n) is 6.81. The number of benzene rings is 1. The Kier molecular flexibility index (Phi) is 9.76. The number of carbonyl (C=O) groups is 3. The molecular formula is C21H29N5O4S. The van der Waals surface area contributed by atoms with Crippen LogP contribution in [0.25, 0.3) is 0 Å². The Balaban J connectivity index is 1.71. The lowest BCUT2D eigenvalue weighted by Gasteiger charge is -2.20. The van der Waals surface area contributed by atoms with Crippen molar-refractivity contribution in [2.24, 2.45) is 0 Å². The third kappa shape index (κ3) is 8.63. The Morgan fingerprint density at radius 3 is 2.52 bits per heavy atom. The van der Waals surface area contributed by atoms with Gasteiger partial charge in [0, 0.05) is 44.0 Å². The molecule has 0 unspecified atom stereocenters. The zero-order chi connectivity index (χ0) is 22.6. The molecule has 31 heavy (non-hydrogen) atoms. The summed E-state index contributed by atoms with van der Waals surface area (Å²) in [6.45, 7) is 5.15. The number of methoxy groups -OCH3 is 1. The van der Waals surface area contributed by atoms with Gasteiger partial charge in [-0.05, 0) is 37.1 Å². The van der Waals surface area contributed by atoms with Crippen molar-refractivity contribution < 1.29 is 19.1 Å². The third-order valence-electron chi connectivity index (χ3n) is 4.37. The highest BCUT2D eigenvalue weighted by atomic mass is 32.1. The minimum Gasteiger partial charge on any atom is -0.497 e. The summed E-state index contributed by atoms with van der Waals surface area (Å²) in [7, 11) is 1.58. The largest absolute Gasteiger partial charge is 0.497 e. The van der Waals surface area contributed by atoms with Gasteiger partial charge < -0.3 is 20.3 Å². The van der Waals surface area contributed by atoms with E-state index in [1.165, 1.54) is 18.3 Å². The van der Waals surface area contributed by atoms with Gasteiger partial charge in [-0.1, -0.05) is 6.92 Å². The summed E-state index contributed by atoms with van der Waals surface area (Å²) >= 11 is 1.30. The van der Waals surface area contributed by atoms with E-state index in [2.05, 4.69) is 20.9 Å². The van der Waals surface area contributed by atoms with E-state index in [1.54, 1.807) is 36.3 Å². The van der Waals surface area contributed by atoms with Crippen LogP contribution in [0.1, 0.15) is 32.4 Å². The molecule has 1 aromatic carbocycles. The van der Waals surface area contributed by atoms with E-state index in [0.717, 1.165) is 12.1 Å². The second kappa shape index (κ2) is 12.5. The fourth-order valence-electron chi connectivity index (χ4n) is 2.77. The number of rotatable bonds is 11. The summed E-state index contributed by atoms with van der Waals surface area (Å²) in [6, 6.07) is 6.59. The molecule has 0 aliphatic rings. The number of nitrogens with one attached hydrogen (secondary N) is 3. The third-order valence-corrected chi connectivity index (χ3v) is 5.18. The molecule has 9 nitrogen and oxygen atoms in total. The zero-order valence-corrected chi connectivity index (χ0v) is 18.9. The molecule has 2 aromatic rings. The second-order valence-corrected chi connectivity index (χ2v) is 7.67. The van der Waals surface area contributed by atoms with Gasteiger partial charge in [-0.25, -0.2) is 9.78 Å². The molecule has 0 aliphatic carbocycles. The van der Waals surface area contributed by atoms with E-state index >= 15 is 0 Å². The first-order valence-corrected chi connectivity index (χ1v) is 11.0. The van der Waals surface area contributed by atoms with Gasteiger partial charge in [0.25, 0.3) is 0 Å². The molecule has 3 N–H and O–H groups in total. The zero-order valence-electron chi connectivity index (χ0n) is 18.1. The molecule has 1 aromatic heterocycles. The van der Waals surface area contributed by atoms with E-state index in [0.29, 0.717) is 42.6 Å². The number of amides is 4. The Bertz CT molecular complexity index is 869. The molecule has 0 radical (unpaired) electrons. The summed E-state index contributed by atoms with van der Waals surface area (Å²) in [5, 5.41) is 10.5. The lowest BCUT2D eigenvalue weighted by molar-refractivity contribution is -0.129. The molecule has 0 saturated carbocycles. The van der Waals surface area contributed by atoms with Gasteiger partial charge in [-0.2, -0.15) is 0 Å². The number of hydrogen-bond donors (Lipinski definition) is 3. The van der Waals surface area contributed by atoms with Crippen LogP contribution in [0.3, 0.4) is 0 Å². The van der Waals surface area contributed by atoms with Crippen molar-refractivity contribution in [2.45, 2.75) is 33.1 Å². The number of aromatic nitrogens is 1. The number of thiazole rings is 1. The molecule has 0 atom stereocenters. The smallest absolute Gasteiger partial charge is 0.325 e. The topological polar surface area (TPSA) is 113 Å². The molecule has 168 valence electrons. The molecule has 0 fully saturated rings. The Morgan fingerprint density at radius 2 is 1.87 bits per heavy atom. The molecule has 4 amide bonds. The molecule has 0 spiro atoms. The number of anilines is 2. The SMILES string of the molecule is CCCN(CCNC(=O)CCc1csc(NC(=O)Nc2ccc(OC)cc2)n1)C(C)=O. The monoisotopic (exact) mass is 447 g/mol. The number of ether oxygens (including phenoxy) is 1. The predicted molar refractivity (Wildman–Crippen MR) is 122 cm³/mol. The average Bonchev–Trinajstić information content (AvgIpc) is 3.19. The number of urea groups is 1. The van der Waals surface area contributed by atoms with E-state index in [1.807, 2.05) is 12.3 Å². The number of nitrogens with zero attached hydrogens (tertiary/aromatic N) is 2. The van der Waals surface area contributed by atoms with Crippen LogP contribution in [0.5, 0.6) is 5.75 Å². The van der Waals surface area contributed by atoms with Crippen LogP contribution < -0.4 is 20.7 Å². The van der Waals surface area contributed by atoms with E-state index in [4.69, 9.17) is 4.74 Å². The first-order valence-electron chi connectivity index (χ1n) is 10.1. The van der Waals surface area contributed by atoms with Gasteiger partial charge >= 0.3 is 6.03 Å². The van der Waals surface area contributed by atoms with Gasteiger partial charge in [-0.3, -0.25) is 14.9 Å². The normalized spacial score (nSPS) is 10.3. The molecule has 0 saturated heterocycles. The van der Waals surface area contributed by atoms with Gasteiger partial charge in [0.05, 0.1) is 12.8 Å². The van der Waals surface area contributed by atoms with Crippen molar-refractivity contribution in [2.75, 3.05) is 37.4 Å². The lowest BCUT2D eigenvalue weighted by atomic mass is 10.2. The first kappa shape index (κ1) is 24.1. The highest BCUT2D eigenvalue weighted by Gasteiger charge is 2.10. The highest BCUT2D eigenvalue weighted by molar-refractivity contribution is 7.13. The van der Waals surface area contributed by atoms with E-state index in [-0.39, 0.29) is 18.2 Å². The van der Waals surface area contributed by atoms with E-state index in [9.17, 15) is 14.4 Å². The quantitative estimate of drug-likeness (QED) is 0.490.